The summed E-state index contributed by atoms with van der Waals surface area (Å²) in [4.78, 5) is 60.7. The molecule has 0 N–H and O–H groups in total. The van der Waals surface area contributed by atoms with E-state index in [1.165, 1.54) is 35.5 Å². The summed E-state index contributed by atoms with van der Waals surface area (Å²) in [5, 5.41) is 2.81. The zero-order valence-electron chi connectivity index (χ0n) is 31.5. The number of hydrogen-bond acceptors (Lipinski definition) is 8. The van der Waals surface area contributed by atoms with Crippen molar-refractivity contribution in [3.8, 4) is 5.75 Å². The van der Waals surface area contributed by atoms with Crippen LogP contribution in [0.15, 0.2) is 65.8 Å². The number of rotatable bonds is 3. The fourth-order valence-corrected chi connectivity index (χ4v) is 12.3. The van der Waals surface area contributed by atoms with Crippen LogP contribution in [0.3, 0.4) is 0 Å². The van der Waals surface area contributed by atoms with Gasteiger partial charge in [0.15, 0.2) is 0 Å². The summed E-state index contributed by atoms with van der Waals surface area (Å²) in [5.74, 6) is 0.770. The Balaban J connectivity index is 1.08. The molecule has 0 aromatic heterocycles. The third-order valence-electron chi connectivity index (χ3n) is 14.8. The van der Waals surface area contributed by atoms with Gasteiger partial charge in [-0.3, -0.25) is 19.3 Å². The van der Waals surface area contributed by atoms with Crippen molar-refractivity contribution in [1.29, 1.82) is 0 Å². The van der Waals surface area contributed by atoms with E-state index in [0.717, 1.165) is 16.8 Å². The van der Waals surface area contributed by atoms with Gasteiger partial charge in [0.05, 0.1) is 58.1 Å². The van der Waals surface area contributed by atoms with Gasteiger partial charge in [-0.2, -0.15) is 10.1 Å². The van der Waals surface area contributed by atoms with Gasteiger partial charge >= 0.3 is 6.03 Å². The lowest BCUT2D eigenvalue weighted by Crippen LogP contribution is -2.62. The molecular weight excluding hydrogens is 688 g/mol. The van der Waals surface area contributed by atoms with Gasteiger partial charge in [0.2, 0.25) is 0 Å². The van der Waals surface area contributed by atoms with E-state index in [1.54, 1.807) is 7.11 Å². The third-order valence-corrected chi connectivity index (χ3v) is 14.8. The number of likely N-dealkylation sites (tertiary alicyclic amines) is 2. The van der Waals surface area contributed by atoms with Crippen LogP contribution in [-0.4, -0.2) is 99.6 Å². The minimum atomic E-state index is -1.04. The van der Waals surface area contributed by atoms with Crippen LogP contribution in [0.25, 0.3) is 0 Å². The molecule has 10 aliphatic rings. The van der Waals surface area contributed by atoms with Crippen LogP contribution in [0, 0.1) is 23.7 Å². The zero-order chi connectivity index (χ0) is 37.3. The number of hydroxylamine groups is 2. The maximum atomic E-state index is 15.7. The molecule has 8 aliphatic heterocycles. The first-order valence-electron chi connectivity index (χ1n) is 19.4. The van der Waals surface area contributed by atoms with Crippen LogP contribution in [0.1, 0.15) is 50.7 Å². The van der Waals surface area contributed by atoms with E-state index in [9.17, 15) is 9.59 Å². The molecule has 12 rings (SSSR count). The molecule has 8 bridgehead atoms. The summed E-state index contributed by atoms with van der Waals surface area (Å²) in [7, 11) is 4.65. The summed E-state index contributed by atoms with van der Waals surface area (Å²) in [6, 6.07) is 13.0. The highest BCUT2D eigenvalue weighted by atomic mass is 16.7. The number of benzene rings is 2. The second-order valence-electron chi connectivity index (χ2n) is 16.4. The molecule has 8 heterocycles. The van der Waals surface area contributed by atoms with E-state index in [1.807, 2.05) is 47.4 Å². The molecule has 0 radical (unpaired) electrons. The number of allylic oxidation sites excluding steroid dienone is 2. The normalized spacial score (nSPS) is 38.8. The molecule has 8 fully saturated rings. The molecule has 10 atom stereocenters. The van der Waals surface area contributed by atoms with Crippen LogP contribution in [0.2, 0.25) is 0 Å². The molecule has 2 spiro atoms. The largest absolute Gasteiger partial charge is 0.497 e. The van der Waals surface area contributed by atoms with Gasteiger partial charge < -0.3 is 24.0 Å². The first kappa shape index (κ1) is 34.3. The summed E-state index contributed by atoms with van der Waals surface area (Å²) < 4.78 is 19.0. The highest BCUT2D eigenvalue weighted by Crippen LogP contribution is 2.60. The Morgan fingerprint density at radius 2 is 1.26 bits per heavy atom. The molecule has 4 amide bonds. The van der Waals surface area contributed by atoms with E-state index >= 15 is 4.79 Å². The molecular formula is C42H48N4O8. The number of para-hydroxylation sites is 1. The highest BCUT2D eigenvalue weighted by Gasteiger charge is 2.67. The number of carbonyl (C=O) groups is 3. The Bertz CT molecular complexity index is 2020. The minimum absolute atomic E-state index is 0.0209. The number of hydrogen-bond donors (Lipinski definition) is 0. The number of carbonyl (C=O) groups excluding carboxylic acids is 3. The lowest BCUT2D eigenvalue weighted by atomic mass is 9.72. The number of piperidine rings is 2. The van der Waals surface area contributed by atoms with Gasteiger partial charge in [-0.1, -0.05) is 47.6 Å². The summed E-state index contributed by atoms with van der Waals surface area (Å²) in [6.45, 7) is 6.01. The zero-order valence-corrected chi connectivity index (χ0v) is 31.5. The van der Waals surface area contributed by atoms with E-state index in [0.29, 0.717) is 63.4 Å². The number of methoxy groups -OCH3 is 1. The molecule has 2 aromatic carbocycles. The second-order valence-corrected chi connectivity index (χ2v) is 16.4. The van der Waals surface area contributed by atoms with Crippen LogP contribution in [0.4, 0.5) is 16.2 Å². The minimum Gasteiger partial charge on any atom is -0.497 e. The third kappa shape index (κ3) is 4.20. The summed E-state index contributed by atoms with van der Waals surface area (Å²) >= 11 is 0. The SMILES string of the molecule is CC=C1CN(C(=O)N2C/C(=C\C)[C@@H]3C[C@H]4OC[C@@H]3[C@@H]2C[C@@]42C(=O)N(OC)c3cc(OC)ccc32)[C@H]2C[C@@]3(C(=O)N(OC)c4ccccc43)[C@H]3C[C@@H]1[C@@H]2CO3. The molecule has 12 heteroatoms. The van der Waals surface area contributed by atoms with Crippen molar-refractivity contribution in [2.75, 3.05) is 57.8 Å². The van der Waals surface area contributed by atoms with Crippen molar-refractivity contribution in [3.63, 3.8) is 0 Å². The number of nitrogens with zero attached hydrogens (tertiary/aromatic N) is 4. The lowest BCUT2D eigenvalue weighted by Gasteiger charge is -2.52. The number of fused-ring (bicyclic) bond motifs is 4. The number of ether oxygens (including phenoxy) is 3. The van der Waals surface area contributed by atoms with Gasteiger partial charge in [-0.05, 0) is 74.6 Å². The monoisotopic (exact) mass is 736 g/mol. The van der Waals surface area contributed by atoms with E-state index < -0.39 is 10.8 Å². The fraction of sp³-hybridized carbons (Fsp3) is 0.548. The predicted molar refractivity (Wildman–Crippen MR) is 198 cm³/mol. The average Bonchev–Trinajstić information content (AvgIpc) is 3.33. The summed E-state index contributed by atoms with van der Waals surface area (Å²) in [5.41, 5.74) is 3.52. The first-order valence-corrected chi connectivity index (χ1v) is 19.4. The smallest absolute Gasteiger partial charge is 0.321 e. The fourth-order valence-electron chi connectivity index (χ4n) is 12.3. The van der Waals surface area contributed by atoms with Crippen molar-refractivity contribution in [2.45, 2.75) is 74.7 Å². The average molecular weight is 737 g/mol. The molecule has 284 valence electrons. The summed E-state index contributed by atoms with van der Waals surface area (Å²) in [6.07, 6.45) is 5.87. The molecule has 0 unspecified atom stereocenters. The van der Waals surface area contributed by atoms with E-state index in [4.69, 9.17) is 23.9 Å². The number of anilines is 2. The van der Waals surface area contributed by atoms with Gasteiger partial charge in [-0.25, -0.2) is 4.79 Å². The van der Waals surface area contributed by atoms with Crippen LogP contribution < -0.4 is 14.9 Å². The van der Waals surface area contributed by atoms with Crippen LogP contribution >= 0.6 is 0 Å². The molecule has 2 saturated carbocycles. The highest BCUT2D eigenvalue weighted by molar-refractivity contribution is 6.08. The topological polar surface area (TPSA) is 110 Å². The van der Waals surface area contributed by atoms with Gasteiger partial charge in [0.25, 0.3) is 11.8 Å². The molecule has 2 aromatic rings. The molecule has 6 saturated heterocycles. The number of amides is 4. The lowest BCUT2D eigenvalue weighted by molar-refractivity contribution is -0.138. The maximum absolute atomic E-state index is 15.7. The Morgan fingerprint density at radius 1 is 0.741 bits per heavy atom. The maximum Gasteiger partial charge on any atom is 0.321 e. The first-order chi connectivity index (χ1) is 26.2. The second kappa shape index (κ2) is 12.1. The molecule has 2 aliphatic carbocycles. The van der Waals surface area contributed by atoms with Crippen molar-refractivity contribution in [2.24, 2.45) is 23.7 Å². The molecule has 54 heavy (non-hydrogen) atoms. The molecule has 12 nitrogen and oxygen atoms in total. The van der Waals surface area contributed by atoms with Crippen molar-refractivity contribution in [3.05, 3.63) is 76.9 Å². The van der Waals surface area contributed by atoms with Crippen LogP contribution in [-0.2, 0) is 39.6 Å². The van der Waals surface area contributed by atoms with Crippen molar-refractivity contribution < 1.29 is 38.3 Å². The number of urea groups is 1. The van der Waals surface area contributed by atoms with Crippen molar-refractivity contribution >= 4 is 29.2 Å². The standard InChI is InChI=1S/C42H48N4O8/c1-6-23-19-43(34-17-41(36-15-26(23)28(34)21-53-36)30-10-8-9-11-32(30)45(51-4)38(41)47)40(49)44-20-24(7-2)27-16-37-42(18-35(44)29(27)22-54-37)31-13-12-25(50-3)14-33(31)46(52-5)39(42)48/h6-14,26-29,34-37H,15-22H2,1-5H3/b23-6?,24-7+/t26-,27-,28-,29-,34-,35-,36+,37+,41-,42-/m0/s1. The Hall–Kier alpha value is -4.23. The van der Waals surface area contributed by atoms with Gasteiger partial charge in [-0.15, -0.1) is 0 Å². The van der Waals surface area contributed by atoms with Crippen molar-refractivity contribution in [1.82, 2.24) is 9.80 Å². The van der Waals surface area contributed by atoms with Gasteiger partial charge in [0, 0.05) is 43.1 Å². The van der Waals surface area contributed by atoms with Gasteiger partial charge in [0.1, 0.15) is 16.6 Å². The van der Waals surface area contributed by atoms with E-state index in [2.05, 4.69) is 30.9 Å². The quantitative estimate of drug-likeness (QED) is 0.409. The van der Waals surface area contributed by atoms with Crippen LogP contribution in [0.5, 0.6) is 5.75 Å². The Labute approximate surface area is 315 Å². The Kier molecular flexibility index (Phi) is 7.70. The Morgan fingerprint density at radius 3 is 1.78 bits per heavy atom. The predicted octanol–water partition coefficient (Wildman–Crippen LogP) is 4.92. The van der Waals surface area contributed by atoms with E-state index in [-0.39, 0.29) is 65.8 Å².